The number of rotatable bonds is 2. The zero-order valence-corrected chi connectivity index (χ0v) is 10.0. The van der Waals surface area contributed by atoms with E-state index in [4.69, 9.17) is 0 Å². The molecule has 0 saturated carbocycles. The normalized spacial score (nSPS) is 10.8. The second-order valence-corrected chi connectivity index (χ2v) is 3.95. The van der Waals surface area contributed by atoms with Gasteiger partial charge >= 0.3 is 0 Å². The summed E-state index contributed by atoms with van der Waals surface area (Å²) in [5.41, 5.74) is 0. The molecule has 8 heteroatoms. The fourth-order valence-corrected chi connectivity index (χ4v) is 1.56. The highest BCUT2D eigenvalue weighted by Crippen LogP contribution is 2.04. The van der Waals surface area contributed by atoms with Crippen molar-refractivity contribution in [2.75, 3.05) is 0 Å². The molecule has 3 aromatic rings. The average Bonchev–Trinajstić information content (AvgIpc) is 2.98. The monoisotopic (exact) mass is 244 g/mol. The number of hydrogen-bond acceptors (Lipinski definition) is 4. The molecule has 90 valence electrons. The van der Waals surface area contributed by atoms with Gasteiger partial charge < -0.3 is 0 Å². The SMILES string of the molecule is C[n+]1cnn(-c2cc(-n3c[n+](C)cn3)ncn2)c1. The lowest BCUT2D eigenvalue weighted by Crippen LogP contribution is -2.24. The van der Waals surface area contributed by atoms with Crippen molar-refractivity contribution in [2.24, 2.45) is 14.1 Å². The second kappa shape index (κ2) is 3.99. The minimum atomic E-state index is 0.693. The van der Waals surface area contributed by atoms with Crippen LogP contribution in [0.4, 0.5) is 0 Å². The Labute approximate surface area is 103 Å². The van der Waals surface area contributed by atoms with Gasteiger partial charge in [0.05, 0.1) is 20.2 Å². The van der Waals surface area contributed by atoms with Gasteiger partial charge in [-0.1, -0.05) is 9.36 Å². The Hall–Kier alpha value is -2.64. The van der Waals surface area contributed by atoms with Crippen LogP contribution in [0.5, 0.6) is 0 Å². The molecule has 0 aromatic carbocycles. The summed E-state index contributed by atoms with van der Waals surface area (Å²) in [6, 6.07) is 1.82. The maximum Gasteiger partial charge on any atom is 0.265 e. The number of hydrogen-bond donors (Lipinski definition) is 0. The minimum Gasteiger partial charge on any atom is -0.240 e. The van der Waals surface area contributed by atoms with Crippen LogP contribution in [0.2, 0.25) is 0 Å². The zero-order chi connectivity index (χ0) is 12.5. The van der Waals surface area contributed by atoms with E-state index in [0.29, 0.717) is 11.6 Å². The molecule has 18 heavy (non-hydrogen) atoms. The number of aromatic nitrogens is 8. The van der Waals surface area contributed by atoms with E-state index in [1.165, 1.54) is 6.33 Å². The predicted molar refractivity (Wildman–Crippen MR) is 58.6 cm³/mol. The van der Waals surface area contributed by atoms with Crippen molar-refractivity contribution in [3.8, 4) is 11.6 Å². The van der Waals surface area contributed by atoms with Gasteiger partial charge in [0.25, 0.3) is 12.7 Å². The van der Waals surface area contributed by atoms with Crippen molar-refractivity contribution in [1.82, 2.24) is 29.5 Å². The van der Waals surface area contributed by atoms with Gasteiger partial charge in [-0.2, -0.15) is 0 Å². The molecule has 0 fully saturated rings. The van der Waals surface area contributed by atoms with E-state index in [1.54, 1.807) is 22.0 Å². The lowest BCUT2D eigenvalue weighted by atomic mass is 10.5. The van der Waals surface area contributed by atoms with E-state index in [-0.39, 0.29) is 0 Å². The Balaban J connectivity index is 2.04. The molecular weight excluding hydrogens is 232 g/mol. The maximum absolute atomic E-state index is 4.18. The minimum absolute atomic E-state index is 0.693. The van der Waals surface area contributed by atoms with Crippen LogP contribution in [0.1, 0.15) is 0 Å². The second-order valence-electron chi connectivity index (χ2n) is 3.95. The molecule has 0 amide bonds. The van der Waals surface area contributed by atoms with E-state index in [2.05, 4.69) is 20.2 Å². The van der Waals surface area contributed by atoms with Gasteiger partial charge in [0, 0.05) is 10.2 Å². The van der Waals surface area contributed by atoms with Crippen molar-refractivity contribution in [2.45, 2.75) is 0 Å². The molecule has 3 rings (SSSR count). The van der Waals surface area contributed by atoms with Gasteiger partial charge in [-0.15, -0.1) is 0 Å². The molecule has 0 N–H and O–H groups in total. The molecule has 3 aromatic heterocycles. The summed E-state index contributed by atoms with van der Waals surface area (Å²) in [6.07, 6.45) is 8.56. The molecular formula is C10H12N8+2. The lowest BCUT2D eigenvalue weighted by Gasteiger charge is -1.93. The third-order valence-corrected chi connectivity index (χ3v) is 2.41. The fourth-order valence-electron chi connectivity index (χ4n) is 1.56. The van der Waals surface area contributed by atoms with Gasteiger partial charge in [0.15, 0.2) is 0 Å². The van der Waals surface area contributed by atoms with Gasteiger partial charge in [-0.3, -0.25) is 0 Å². The third-order valence-electron chi connectivity index (χ3n) is 2.41. The first-order chi connectivity index (χ1) is 8.72. The summed E-state index contributed by atoms with van der Waals surface area (Å²) in [6.45, 7) is 0. The Morgan fingerprint density at radius 2 is 1.39 bits per heavy atom. The summed E-state index contributed by atoms with van der Waals surface area (Å²) >= 11 is 0. The first-order valence-corrected chi connectivity index (χ1v) is 5.35. The Morgan fingerprint density at radius 1 is 0.889 bits per heavy atom. The standard InChI is InChI=1S/C10H12N8/c1-15-5-13-17(7-15)9-3-10(12-4-11-9)18-8-16(2)6-14-18/h3-8H,1-2H3/q+2. The summed E-state index contributed by atoms with van der Waals surface area (Å²) in [7, 11) is 3.80. The Morgan fingerprint density at radius 3 is 1.78 bits per heavy atom. The van der Waals surface area contributed by atoms with Gasteiger partial charge in [0.1, 0.15) is 6.33 Å². The Kier molecular flexibility index (Phi) is 2.33. The predicted octanol–water partition coefficient (Wildman–Crippen LogP) is -1.50. The molecule has 3 heterocycles. The molecule has 0 aliphatic rings. The number of aryl methyl sites for hydroxylation is 2. The van der Waals surface area contributed by atoms with Crippen molar-refractivity contribution in [3.63, 3.8) is 0 Å². The quantitative estimate of drug-likeness (QED) is 0.514. The van der Waals surface area contributed by atoms with Crippen molar-refractivity contribution >= 4 is 0 Å². The Bertz CT molecular complexity index is 627. The summed E-state index contributed by atoms with van der Waals surface area (Å²) in [4.78, 5) is 8.37. The molecule has 8 nitrogen and oxygen atoms in total. The first kappa shape index (κ1) is 10.5. The summed E-state index contributed by atoms with van der Waals surface area (Å²) in [5.74, 6) is 1.39. The summed E-state index contributed by atoms with van der Waals surface area (Å²) < 4.78 is 7.04. The molecule has 0 spiro atoms. The highest BCUT2D eigenvalue weighted by molar-refractivity contribution is 5.29. The average molecular weight is 244 g/mol. The van der Waals surface area contributed by atoms with Gasteiger partial charge in [-0.25, -0.2) is 19.1 Å². The first-order valence-electron chi connectivity index (χ1n) is 5.35. The van der Waals surface area contributed by atoms with Gasteiger partial charge in [-0.05, 0) is 0 Å². The summed E-state index contributed by atoms with van der Waals surface area (Å²) in [5, 5.41) is 8.36. The maximum atomic E-state index is 4.18. The van der Waals surface area contributed by atoms with E-state index in [0.717, 1.165) is 0 Å². The van der Waals surface area contributed by atoms with E-state index >= 15 is 0 Å². The van der Waals surface area contributed by atoms with Crippen LogP contribution in [-0.2, 0) is 14.1 Å². The molecule has 0 radical (unpaired) electrons. The molecule has 0 aliphatic heterocycles. The highest BCUT2D eigenvalue weighted by atomic mass is 15.4. The molecule has 0 unspecified atom stereocenters. The van der Waals surface area contributed by atoms with Crippen LogP contribution in [0.3, 0.4) is 0 Å². The highest BCUT2D eigenvalue weighted by Gasteiger charge is 2.14. The third kappa shape index (κ3) is 1.83. The topological polar surface area (TPSA) is 69.2 Å². The largest absolute Gasteiger partial charge is 0.265 e. The lowest BCUT2D eigenvalue weighted by molar-refractivity contribution is -0.672. The fraction of sp³-hybridized carbons (Fsp3) is 0.200. The van der Waals surface area contributed by atoms with Crippen LogP contribution in [0.25, 0.3) is 11.6 Å². The molecule has 0 atom stereocenters. The molecule has 0 aliphatic carbocycles. The van der Waals surface area contributed by atoms with E-state index < -0.39 is 0 Å². The van der Waals surface area contributed by atoms with Crippen molar-refractivity contribution < 1.29 is 9.13 Å². The molecule has 0 bridgehead atoms. The van der Waals surface area contributed by atoms with Crippen LogP contribution in [0, 0.1) is 0 Å². The van der Waals surface area contributed by atoms with Crippen LogP contribution in [0.15, 0.2) is 37.7 Å². The van der Waals surface area contributed by atoms with Gasteiger partial charge in [0.2, 0.25) is 24.3 Å². The number of nitrogens with zero attached hydrogens (tertiary/aromatic N) is 8. The zero-order valence-electron chi connectivity index (χ0n) is 10.0. The van der Waals surface area contributed by atoms with Crippen molar-refractivity contribution in [3.05, 3.63) is 37.7 Å². The smallest absolute Gasteiger partial charge is 0.240 e. The van der Waals surface area contributed by atoms with Crippen LogP contribution >= 0.6 is 0 Å². The van der Waals surface area contributed by atoms with Crippen LogP contribution < -0.4 is 9.13 Å². The van der Waals surface area contributed by atoms with Crippen molar-refractivity contribution in [1.29, 1.82) is 0 Å². The molecule has 0 saturated heterocycles. The van der Waals surface area contributed by atoms with E-state index in [1.807, 2.05) is 42.0 Å². The van der Waals surface area contributed by atoms with E-state index in [9.17, 15) is 0 Å². The van der Waals surface area contributed by atoms with Crippen LogP contribution in [-0.4, -0.2) is 29.5 Å².